The maximum atomic E-state index is 6.31. The maximum Gasteiger partial charge on any atom is 0.116 e. The van der Waals surface area contributed by atoms with Gasteiger partial charge in [-0.15, -0.1) is 0 Å². The Kier molecular flexibility index (Phi) is 7.71. The van der Waals surface area contributed by atoms with Crippen molar-refractivity contribution in [1.29, 1.82) is 0 Å². The molecule has 0 N–H and O–H groups in total. The van der Waals surface area contributed by atoms with Crippen LogP contribution in [-0.4, -0.2) is 14.2 Å². The van der Waals surface area contributed by atoms with Crippen molar-refractivity contribution >= 4 is 32.9 Å². The summed E-state index contributed by atoms with van der Waals surface area (Å²) in [5, 5.41) is 4.99. The Morgan fingerprint density at radius 3 is 1.58 bits per heavy atom. The zero-order valence-electron chi connectivity index (χ0n) is 36.5. The average Bonchev–Trinajstić information content (AvgIpc) is 3.70. The lowest BCUT2D eigenvalue weighted by molar-refractivity contribution is 0.0430. The van der Waals surface area contributed by atoms with Gasteiger partial charge in [0.2, 0.25) is 0 Å². The first-order valence-corrected chi connectivity index (χ1v) is 22.0. The van der Waals surface area contributed by atoms with Gasteiger partial charge in [-0.2, -0.15) is 0 Å². The summed E-state index contributed by atoms with van der Waals surface area (Å²) >= 11 is 0. The predicted molar refractivity (Wildman–Crippen MR) is 261 cm³/mol. The van der Waals surface area contributed by atoms with E-state index in [0.717, 1.165) is 0 Å². The monoisotopic (exact) mass is 799 g/mol. The molecule has 62 heavy (non-hydrogen) atoms. The van der Waals surface area contributed by atoms with Crippen molar-refractivity contribution in [2.24, 2.45) is 0 Å². The summed E-state index contributed by atoms with van der Waals surface area (Å²) in [5.74, 6) is 0. The fraction of sp³-hybridized carbons (Fsp3) is 0.167. The molecule has 0 aromatic heterocycles. The van der Waals surface area contributed by atoms with Crippen LogP contribution in [0.1, 0.15) is 68.0 Å². The van der Waals surface area contributed by atoms with E-state index in [2.05, 4.69) is 216 Å². The molecule has 1 heterocycles. The van der Waals surface area contributed by atoms with Gasteiger partial charge in [0.25, 0.3) is 0 Å². The minimum Gasteiger partial charge on any atom is -0.369 e. The number of hydrogen-bond acceptors (Lipinski definition) is 2. The lowest BCUT2D eigenvalue weighted by atomic mass is 9.73. The van der Waals surface area contributed by atoms with E-state index in [1.807, 2.05) is 7.11 Å². The molecule has 0 bridgehead atoms. The molecule has 0 saturated carbocycles. The fourth-order valence-corrected chi connectivity index (χ4v) is 11.8. The summed E-state index contributed by atoms with van der Waals surface area (Å²) in [6.45, 7) is 11.7. The Morgan fingerprint density at radius 2 is 0.839 bits per heavy atom. The standard InChI is InChI=1S/C60H49NO/c1-58(2)48-20-12-10-16-40(48)42-28-24-37(34-53(42)58)36-25-29-45-47(32-36)57(38-26-30-50-46(33-38)41-17-11-13-21-49(41)60(50,5)62-7)44-19-9-8-18-43(44)56(45)39-27-31-52-55(35-39)61(6)54-23-15-14-22-51(54)59(52,3)4/h8-35H,1-7H3. The quantitative estimate of drug-likeness (QED) is 0.164. The Morgan fingerprint density at radius 1 is 0.355 bits per heavy atom. The number of methoxy groups -OCH3 is 1. The molecule has 9 aromatic rings. The van der Waals surface area contributed by atoms with Gasteiger partial charge in [-0.1, -0.05) is 167 Å². The SMILES string of the molecule is COC1(C)c2ccccc2-c2cc(-c3c4ccccc4c(-c4ccc5c(c4)N(C)c4ccccc4C5(C)C)c4ccc(-c5ccc6c(c5)C(C)(C)c5ccccc5-6)cc34)ccc21. The lowest BCUT2D eigenvalue weighted by Crippen LogP contribution is -2.30. The normalized spacial score (nSPS) is 17.3. The summed E-state index contributed by atoms with van der Waals surface area (Å²) in [6.07, 6.45) is 0. The second kappa shape index (κ2) is 12.9. The predicted octanol–water partition coefficient (Wildman–Crippen LogP) is 15.6. The molecule has 12 rings (SSSR count). The third-order valence-corrected chi connectivity index (χ3v) is 15.2. The van der Waals surface area contributed by atoms with Crippen LogP contribution in [0.3, 0.4) is 0 Å². The number of para-hydroxylation sites is 1. The number of ether oxygens (including phenoxy) is 1. The summed E-state index contributed by atoms with van der Waals surface area (Å²) in [4.78, 5) is 2.39. The summed E-state index contributed by atoms with van der Waals surface area (Å²) < 4.78 is 6.31. The number of rotatable bonds is 4. The van der Waals surface area contributed by atoms with Crippen LogP contribution in [0.4, 0.5) is 11.4 Å². The third kappa shape index (κ3) is 4.90. The molecule has 2 heteroatoms. The largest absolute Gasteiger partial charge is 0.369 e. The molecule has 3 aliphatic rings. The van der Waals surface area contributed by atoms with Crippen molar-refractivity contribution in [2.75, 3.05) is 19.1 Å². The van der Waals surface area contributed by atoms with Crippen LogP contribution in [-0.2, 0) is 21.2 Å². The zero-order valence-corrected chi connectivity index (χ0v) is 36.5. The number of fused-ring (bicyclic) bond motifs is 10. The van der Waals surface area contributed by atoms with Crippen LogP contribution >= 0.6 is 0 Å². The Hall–Kier alpha value is -6.74. The van der Waals surface area contributed by atoms with Crippen molar-refractivity contribution in [1.82, 2.24) is 0 Å². The second-order valence-electron chi connectivity index (χ2n) is 19.0. The molecule has 0 fully saturated rings. The third-order valence-electron chi connectivity index (χ3n) is 15.2. The number of benzene rings is 9. The van der Waals surface area contributed by atoms with Crippen LogP contribution in [0.25, 0.3) is 77.2 Å². The average molecular weight is 800 g/mol. The van der Waals surface area contributed by atoms with Crippen molar-refractivity contribution in [3.8, 4) is 55.6 Å². The first kappa shape index (κ1) is 37.1. The first-order valence-electron chi connectivity index (χ1n) is 22.0. The Balaban J connectivity index is 1.13. The lowest BCUT2D eigenvalue weighted by Gasteiger charge is -2.40. The highest BCUT2D eigenvalue weighted by atomic mass is 16.5. The molecule has 0 saturated heterocycles. The van der Waals surface area contributed by atoms with E-state index in [9.17, 15) is 0 Å². The molecular formula is C60H49NO. The van der Waals surface area contributed by atoms with Gasteiger partial charge >= 0.3 is 0 Å². The Labute approximate surface area is 365 Å². The van der Waals surface area contributed by atoms with Gasteiger partial charge in [0.1, 0.15) is 5.60 Å². The summed E-state index contributed by atoms with van der Waals surface area (Å²) in [6, 6.07) is 64.2. The van der Waals surface area contributed by atoms with Gasteiger partial charge in [-0.25, -0.2) is 0 Å². The van der Waals surface area contributed by atoms with Crippen LogP contribution in [0.15, 0.2) is 170 Å². The molecule has 0 radical (unpaired) electrons. The minimum absolute atomic E-state index is 0.0839. The maximum absolute atomic E-state index is 6.31. The van der Waals surface area contributed by atoms with Crippen molar-refractivity contribution in [2.45, 2.75) is 51.0 Å². The highest BCUT2D eigenvalue weighted by molar-refractivity contribution is 6.22. The molecule has 0 spiro atoms. The number of nitrogens with zero attached hydrogens (tertiary/aromatic N) is 1. The molecule has 1 unspecified atom stereocenters. The van der Waals surface area contributed by atoms with Crippen molar-refractivity contribution < 1.29 is 4.74 Å². The van der Waals surface area contributed by atoms with E-state index in [-0.39, 0.29) is 10.8 Å². The molecule has 0 amide bonds. The van der Waals surface area contributed by atoms with E-state index in [4.69, 9.17) is 4.74 Å². The topological polar surface area (TPSA) is 12.5 Å². The van der Waals surface area contributed by atoms with Gasteiger partial charge in [0.15, 0.2) is 0 Å². The van der Waals surface area contributed by atoms with Gasteiger partial charge < -0.3 is 9.64 Å². The van der Waals surface area contributed by atoms with Crippen LogP contribution in [0.2, 0.25) is 0 Å². The van der Waals surface area contributed by atoms with E-state index < -0.39 is 5.60 Å². The van der Waals surface area contributed by atoms with Crippen molar-refractivity contribution in [3.05, 3.63) is 203 Å². The highest BCUT2D eigenvalue weighted by Gasteiger charge is 2.40. The van der Waals surface area contributed by atoms with E-state index in [1.54, 1.807) is 0 Å². The van der Waals surface area contributed by atoms with Gasteiger partial charge in [0.05, 0.1) is 0 Å². The first-order chi connectivity index (χ1) is 30.0. The van der Waals surface area contributed by atoms with E-state index in [1.165, 1.54) is 122 Å². The zero-order chi connectivity index (χ0) is 42.3. The second-order valence-corrected chi connectivity index (χ2v) is 19.0. The van der Waals surface area contributed by atoms with Crippen LogP contribution < -0.4 is 4.90 Å². The van der Waals surface area contributed by atoms with E-state index in [0.29, 0.717) is 0 Å². The van der Waals surface area contributed by atoms with Crippen LogP contribution in [0, 0.1) is 0 Å². The molecule has 300 valence electrons. The van der Waals surface area contributed by atoms with Gasteiger partial charge in [0, 0.05) is 36.4 Å². The van der Waals surface area contributed by atoms with Gasteiger partial charge in [-0.05, 0) is 148 Å². The number of hydrogen-bond donors (Lipinski definition) is 0. The molecule has 9 aromatic carbocycles. The smallest absolute Gasteiger partial charge is 0.116 e. The van der Waals surface area contributed by atoms with Crippen molar-refractivity contribution in [3.63, 3.8) is 0 Å². The Bertz CT molecular complexity index is 3380. The summed E-state index contributed by atoms with van der Waals surface area (Å²) in [5.41, 5.74) is 22.3. The van der Waals surface area contributed by atoms with Gasteiger partial charge in [-0.3, -0.25) is 0 Å². The fourth-order valence-electron chi connectivity index (χ4n) is 11.8. The molecule has 2 nitrogen and oxygen atoms in total. The molecule has 1 aliphatic heterocycles. The number of anilines is 2. The summed E-state index contributed by atoms with van der Waals surface area (Å²) in [7, 11) is 4.05. The molecule has 2 aliphatic carbocycles. The minimum atomic E-state index is -0.513. The van der Waals surface area contributed by atoms with Crippen LogP contribution in [0.5, 0.6) is 0 Å². The highest BCUT2D eigenvalue weighted by Crippen LogP contribution is 2.55. The molecular weight excluding hydrogens is 751 g/mol. The molecule has 1 atom stereocenters. The van der Waals surface area contributed by atoms with E-state index >= 15 is 0 Å².